The van der Waals surface area contributed by atoms with E-state index in [1.54, 1.807) is 7.11 Å². The van der Waals surface area contributed by atoms with Crippen molar-refractivity contribution in [3.8, 4) is 5.75 Å². The maximum Gasteiger partial charge on any atom is 0.270 e. The van der Waals surface area contributed by atoms with Crippen LogP contribution in [0.4, 0.5) is 0 Å². The van der Waals surface area contributed by atoms with Gasteiger partial charge in [-0.05, 0) is 57.2 Å². The Morgan fingerprint density at radius 1 is 1.21 bits per heavy atom. The van der Waals surface area contributed by atoms with E-state index in [1.807, 2.05) is 24.3 Å². The maximum absolute atomic E-state index is 13.8. The number of carbonyl (C=O) groups is 1. The summed E-state index contributed by atoms with van der Waals surface area (Å²) in [4.78, 5) is 19.1. The normalized spacial score (nSPS) is 19.5. The number of nitrogens with one attached hydrogen (secondary N) is 1. The molecule has 1 aromatic carbocycles. The van der Waals surface area contributed by atoms with Gasteiger partial charge in [0.25, 0.3) is 5.91 Å². The first kappa shape index (κ1) is 21.7. The van der Waals surface area contributed by atoms with E-state index in [0.29, 0.717) is 24.1 Å². The molecule has 29 heavy (non-hydrogen) atoms. The van der Waals surface area contributed by atoms with Crippen molar-refractivity contribution in [3.05, 3.63) is 30.0 Å². The van der Waals surface area contributed by atoms with Gasteiger partial charge >= 0.3 is 0 Å². The van der Waals surface area contributed by atoms with Gasteiger partial charge in [-0.25, -0.2) is 0 Å². The Morgan fingerprint density at radius 2 is 1.86 bits per heavy atom. The molecular formula is C24H36N2O3. The Labute approximate surface area is 174 Å². The number of aromatic nitrogens is 1. The molecule has 2 heterocycles. The highest BCUT2D eigenvalue weighted by Gasteiger charge is 2.53. The number of rotatable bonds is 5. The third kappa shape index (κ3) is 3.89. The van der Waals surface area contributed by atoms with Crippen LogP contribution in [0.5, 0.6) is 5.75 Å². The van der Waals surface area contributed by atoms with Crippen molar-refractivity contribution in [1.29, 1.82) is 0 Å². The van der Waals surface area contributed by atoms with Crippen LogP contribution in [-0.4, -0.2) is 46.7 Å². The van der Waals surface area contributed by atoms with Crippen molar-refractivity contribution < 1.29 is 14.3 Å². The largest absolute Gasteiger partial charge is 0.496 e. The van der Waals surface area contributed by atoms with Crippen molar-refractivity contribution in [2.45, 2.75) is 72.1 Å². The zero-order chi connectivity index (χ0) is 21.6. The predicted molar refractivity (Wildman–Crippen MR) is 118 cm³/mol. The Balaban J connectivity index is 2.02. The molecule has 0 spiro atoms. The van der Waals surface area contributed by atoms with Crippen LogP contribution in [0.15, 0.2) is 24.3 Å². The molecule has 3 rings (SSSR count). The zero-order valence-electron chi connectivity index (χ0n) is 19.1. The number of ether oxygens (including phenoxy) is 2. The summed E-state index contributed by atoms with van der Waals surface area (Å²) in [6.45, 7) is 15.7. The van der Waals surface area contributed by atoms with Gasteiger partial charge in [-0.1, -0.05) is 33.8 Å². The van der Waals surface area contributed by atoms with Gasteiger partial charge in [0.2, 0.25) is 0 Å². The number of carbonyl (C=O) groups excluding carboxylic acids is 1. The van der Waals surface area contributed by atoms with Crippen LogP contribution >= 0.6 is 0 Å². The standard InChI is InChI=1S/C24H36N2O3/c1-15(2)24(16(3)4)13-17(29-23(5,6)7)14-26(24)22(27)20-12-18-19(25-20)10-9-11-21(18)28-8/h9-12,15-17,25H,13-14H2,1-8H3. The van der Waals surface area contributed by atoms with Crippen molar-refractivity contribution in [2.75, 3.05) is 13.7 Å². The summed E-state index contributed by atoms with van der Waals surface area (Å²) in [6, 6.07) is 7.74. The molecule has 1 aliphatic heterocycles. The summed E-state index contributed by atoms with van der Waals surface area (Å²) in [5, 5.41) is 0.930. The van der Waals surface area contributed by atoms with E-state index in [-0.39, 0.29) is 23.2 Å². The molecule has 5 nitrogen and oxygen atoms in total. The minimum Gasteiger partial charge on any atom is -0.496 e. The zero-order valence-corrected chi connectivity index (χ0v) is 19.1. The number of fused-ring (bicyclic) bond motifs is 1. The lowest BCUT2D eigenvalue weighted by Gasteiger charge is -2.45. The summed E-state index contributed by atoms with van der Waals surface area (Å²) in [7, 11) is 1.65. The topological polar surface area (TPSA) is 54.6 Å². The Hall–Kier alpha value is -2.01. The fourth-order valence-corrected chi connectivity index (χ4v) is 5.09. The number of amides is 1. The molecule has 0 aliphatic carbocycles. The molecule has 1 unspecified atom stereocenters. The quantitative estimate of drug-likeness (QED) is 0.745. The third-order valence-electron chi connectivity index (χ3n) is 6.28. The molecule has 1 fully saturated rings. The second-order valence-corrected chi connectivity index (χ2v) is 9.88. The van der Waals surface area contributed by atoms with Gasteiger partial charge in [-0.15, -0.1) is 0 Å². The summed E-state index contributed by atoms with van der Waals surface area (Å²) >= 11 is 0. The molecule has 0 bridgehead atoms. The van der Waals surface area contributed by atoms with Crippen molar-refractivity contribution in [3.63, 3.8) is 0 Å². The second-order valence-electron chi connectivity index (χ2n) is 9.88. The van der Waals surface area contributed by atoms with Gasteiger partial charge in [0.1, 0.15) is 11.4 Å². The van der Waals surface area contributed by atoms with Crippen LogP contribution in [0.2, 0.25) is 0 Å². The van der Waals surface area contributed by atoms with Gasteiger partial charge in [-0.2, -0.15) is 0 Å². The summed E-state index contributed by atoms with van der Waals surface area (Å²) in [5.41, 5.74) is 1.03. The molecular weight excluding hydrogens is 364 g/mol. The van der Waals surface area contributed by atoms with E-state index in [0.717, 1.165) is 23.1 Å². The van der Waals surface area contributed by atoms with E-state index in [1.165, 1.54) is 0 Å². The molecule has 2 aromatic rings. The average molecular weight is 401 g/mol. The maximum atomic E-state index is 13.8. The first-order valence-electron chi connectivity index (χ1n) is 10.6. The van der Waals surface area contributed by atoms with Gasteiger partial charge in [0.15, 0.2) is 0 Å². The lowest BCUT2D eigenvalue weighted by atomic mass is 9.74. The minimum absolute atomic E-state index is 0.0302. The SMILES string of the molecule is COc1cccc2[nH]c(C(=O)N3CC(OC(C)(C)C)CC3(C(C)C)C(C)C)cc12. The molecule has 1 aliphatic rings. The third-order valence-corrected chi connectivity index (χ3v) is 6.28. The van der Waals surface area contributed by atoms with Crippen LogP contribution in [-0.2, 0) is 4.74 Å². The Morgan fingerprint density at radius 3 is 2.41 bits per heavy atom. The number of hydrogen-bond acceptors (Lipinski definition) is 3. The first-order chi connectivity index (χ1) is 13.5. The van der Waals surface area contributed by atoms with Gasteiger partial charge in [0.05, 0.1) is 24.4 Å². The number of nitrogens with zero attached hydrogens (tertiary/aromatic N) is 1. The lowest BCUT2D eigenvalue weighted by Crippen LogP contribution is -2.54. The van der Waals surface area contributed by atoms with Crippen molar-refractivity contribution in [2.24, 2.45) is 11.8 Å². The minimum atomic E-state index is -0.242. The van der Waals surface area contributed by atoms with Crippen molar-refractivity contribution in [1.82, 2.24) is 9.88 Å². The summed E-state index contributed by atoms with van der Waals surface area (Å²) in [5.74, 6) is 1.44. The number of benzene rings is 1. The van der Waals surface area contributed by atoms with Gasteiger partial charge in [-0.3, -0.25) is 4.79 Å². The molecule has 1 aromatic heterocycles. The van der Waals surface area contributed by atoms with Crippen molar-refractivity contribution >= 4 is 16.8 Å². The molecule has 1 N–H and O–H groups in total. The van der Waals surface area contributed by atoms with E-state index in [9.17, 15) is 4.79 Å². The Bertz CT molecular complexity index is 868. The smallest absolute Gasteiger partial charge is 0.270 e. The van der Waals surface area contributed by atoms with Crippen LogP contribution in [0.3, 0.4) is 0 Å². The molecule has 5 heteroatoms. The van der Waals surface area contributed by atoms with Crippen LogP contribution in [0.1, 0.15) is 65.4 Å². The summed E-state index contributed by atoms with van der Waals surface area (Å²) in [6.07, 6.45) is 0.886. The van der Waals surface area contributed by atoms with Crippen LogP contribution < -0.4 is 4.74 Å². The van der Waals surface area contributed by atoms with Gasteiger partial charge in [0, 0.05) is 17.4 Å². The predicted octanol–water partition coefficient (Wildman–Crippen LogP) is 5.26. The summed E-state index contributed by atoms with van der Waals surface area (Å²) < 4.78 is 11.8. The monoisotopic (exact) mass is 400 g/mol. The molecule has 0 saturated carbocycles. The van der Waals surface area contributed by atoms with E-state index < -0.39 is 0 Å². The molecule has 1 amide bonds. The number of H-pyrrole nitrogens is 1. The molecule has 1 atom stereocenters. The second kappa shape index (κ2) is 7.67. The van der Waals surface area contributed by atoms with Crippen LogP contribution in [0, 0.1) is 11.8 Å². The van der Waals surface area contributed by atoms with Gasteiger partial charge < -0.3 is 19.4 Å². The highest BCUT2D eigenvalue weighted by atomic mass is 16.5. The Kier molecular flexibility index (Phi) is 5.74. The number of methoxy groups -OCH3 is 1. The highest BCUT2D eigenvalue weighted by Crippen LogP contribution is 2.44. The lowest BCUT2D eigenvalue weighted by molar-refractivity contribution is -0.0554. The average Bonchev–Trinajstić information content (AvgIpc) is 3.21. The van der Waals surface area contributed by atoms with E-state index in [4.69, 9.17) is 9.47 Å². The number of likely N-dealkylation sites (tertiary alicyclic amines) is 1. The number of hydrogen-bond donors (Lipinski definition) is 1. The highest BCUT2D eigenvalue weighted by molar-refractivity contribution is 6.00. The number of aromatic amines is 1. The fraction of sp³-hybridized carbons (Fsp3) is 0.625. The van der Waals surface area contributed by atoms with E-state index >= 15 is 0 Å². The first-order valence-corrected chi connectivity index (χ1v) is 10.6. The molecule has 1 saturated heterocycles. The van der Waals surface area contributed by atoms with E-state index in [2.05, 4.69) is 58.4 Å². The fourth-order valence-electron chi connectivity index (χ4n) is 5.09. The molecule has 160 valence electrons. The van der Waals surface area contributed by atoms with Crippen LogP contribution in [0.25, 0.3) is 10.9 Å². The molecule has 0 radical (unpaired) electrons.